The fraction of sp³-hybridized carbons (Fsp3) is 0.400. The van der Waals surface area contributed by atoms with E-state index in [0.29, 0.717) is 25.3 Å². The van der Waals surface area contributed by atoms with Gasteiger partial charge in [-0.1, -0.05) is 0 Å². The Morgan fingerprint density at radius 2 is 1.71 bits per heavy atom. The number of esters is 1. The van der Waals surface area contributed by atoms with Crippen LogP contribution in [0.4, 0.5) is 5.69 Å². The summed E-state index contributed by atoms with van der Waals surface area (Å²) in [6.45, 7) is 3.45. The maximum absolute atomic E-state index is 11.6. The quantitative estimate of drug-likeness (QED) is 0.624. The summed E-state index contributed by atoms with van der Waals surface area (Å²) in [5, 5.41) is 0. The Balaban J connectivity index is 1.69. The average Bonchev–Trinajstić information content (AvgIpc) is 2.92. The Kier molecular flexibility index (Phi) is 3.49. The summed E-state index contributed by atoms with van der Waals surface area (Å²) in [7, 11) is -2.90. The Morgan fingerprint density at radius 1 is 1.14 bits per heavy atom. The number of sulfone groups is 1. The smallest absolute Gasteiger partial charge is 0.338 e. The van der Waals surface area contributed by atoms with Gasteiger partial charge in [0.2, 0.25) is 0 Å². The maximum atomic E-state index is 11.6. The van der Waals surface area contributed by atoms with Gasteiger partial charge in [0.25, 0.3) is 0 Å². The topological polar surface area (TPSA) is 63.7 Å². The van der Waals surface area contributed by atoms with Gasteiger partial charge in [0.15, 0.2) is 9.84 Å². The molecule has 0 radical (unpaired) electrons. The molecule has 1 aromatic rings. The molecule has 0 aliphatic carbocycles. The maximum Gasteiger partial charge on any atom is 0.338 e. The first-order valence-corrected chi connectivity index (χ1v) is 8.73. The Hall–Kier alpha value is -1.82. The van der Waals surface area contributed by atoms with Gasteiger partial charge in [0.05, 0.1) is 23.7 Å². The molecule has 0 atom stereocenters. The van der Waals surface area contributed by atoms with E-state index in [1.54, 1.807) is 19.1 Å². The van der Waals surface area contributed by atoms with E-state index in [2.05, 4.69) is 4.90 Å². The average molecular weight is 307 g/mol. The summed E-state index contributed by atoms with van der Waals surface area (Å²) >= 11 is 0. The Morgan fingerprint density at radius 3 is 2.24 bits per heavy atom. The molecule has 3 rings (SSSR count). The van der Waals surface area contributed by atoms with Crippen molar-refractivity contribution in [3.8, 4) is 0 Å². The zero-order valence-corrected chi connectivity index (χ0v) is 12.6. The highest BCUT2D eigenvalue weighted by atomic mass is 32.2. The van der Waals surface area contributed by atoms with Crippen molar-refractivity contribution in [2.75, 3.05) is 36.1 Å². The van der Waals surface area contributed by atoms with E-state index in [9.17, 15) is 13.2 Å². The normalized spacial score (nSPS) is 19.8. The van der Waals surface area contributed by atoms with Crippen molar-refractivity contribution in [3.05, 3.63) is 41.0 Å². The van der Waals surface area contributed by atoms with Crippen molar-refractivity contribution in [1.82, 2.24) is 0 Å². The molecule has 21 heavy (non-hydrogen) atoms. The van der Waals surface area contributed by atoms with Crippen molar-refractivity contribution < 1.29 is 17.9 Å². The number of ether oxygens (including phenoxy) is 1. The molecule has 5 nitrogen and oxygen atoms in total. The number of carbonyl (C=O) groups excluding carboxylic acids is 1. The monoisotopic (exact) mass is 307 g/mol. The van der Waals surface area contributed by atoms with Crippen molar-refractivity contribution in [3.63, 3.8) is 0 Å². The van der Waals surface area contributed by atoms with Crippen molar-refractivity contribution in [2.45, 2.75) is 6.92 Å². The molecule has 0 amide bonds. The fourth-order valence-corrected chi connectivity index (χ4v) is 4.58. The third-order valence-electron chi connectivity index (χ3n) is 3.80. The Bertz CT molecular complexity index is 680. The molecule has 0 spiro atoms. The molecule has 1 aromatic carbocycles. The first-order chi connectivity index (χ1) is 9.98. The van der Waals surface area contributed by atoms with Crippen LogP contribution in [0.1, 0.15) is 17.3 Å². The van der Waals surface area contributed by atoms with Gasteiger partial charge in [-0.25, -0.2) is 13.2 Å². The van der Waals surface area contributed by atoms with Gasteiger partial charge in [-0.05, 0) is 42.3 Å². The zero-order chi connectivity index (χ0) is 15.0. The highest BCUT2D eigenvalue weighted by molar-refractivity contribution is 7.92. The van der Waals surface area contributed by atoms with Crippen LogP contribution in [0.15, 0.2) is 35.4 Å². The largest absolute Gasteiger partial charge is 0.462 e. The van der Waals surface area contributed by atoms with Crippen LogP contribution in [0.3, 0.4) is 0 Å². The van der Waals surface area contributed by atoms with Crippen LogP contribution in [0.25, 0.3) is 0 Å². The van der Waals surface area contributed by atoms with E-state index in [1.807, 2.05) is 12.1 Å². The Labute approximate surface area is 124 Å². The third kappa shape index (κ3) is 2.81. The van der Waals surface area contributed by atoms with Crippen molar-refractivity contribution >= 4 is 21.5 Å². The molecule has 2 aliphatic rings. The molecule has 2 heterocycles. The lowest BCUT2D eigenvalue weighted by Gasteiger charge is -2.20. The molecule has 2 aliphatic heterocycles. The molecule has 0 N–H and O–H groups in total. The van der Waals surface area contributed by atoms with E-state index >= 15 is 0 Å². The minimum Gasteiger partial charge on any atom is -0.462 e. The highest BCUT2D eigenvalue weighted by Crippen LogP contribution is 2.30. The lowest BCUT2D eigenvalue weighted by atomic mass is 10.2. The van der Waals surface area contributed by atoms with Crippen LogP contribution >= 0.6 is 0 Å². The summed E-state index contributed by atoms with van der Waals surface area (Å²) in [5.41, 5.74) is 3.59. The second-order valence-electron chi connectivity index (χ2n) is 5.36. The number of carbonyl (C=O) groups is 1. The van der Waals surface area contributed by atoms with E-state index in [0.717, 1.165) is 16.8 Å². The standard InChI is InChI=1S/C15H17NO4S/c1-2-20-15(17)11-3-5-14(6-4-11)16-7-12-9-21(18,19)10-13(12)8-16/h3-6H,2,7-10H2,1H3. The van der Waals surface area contributed by atoms with Crippen LogP contribution in [-0.2, 0) is 14.6 Å². The molecule has 6 heteroatoms. The lowest BCUT2D eigenvalue weighted by Crippen LogP contribution is -2.24. The number of nitrogens with zero attached hydrogens (tertiary/aromatic N) is 1. The highest BCUT2D eigenvalue weighted by Gasteiger charge is 2.33. The molecule has 0 fully saturated rings. The van der Waals surface area contributed by atoms with Crippen molar-refractivity contribution in [1.29, 1.82) is 0 Å². The minimum absolute atomic E-state index is 0.194. The molecule has 0 saturated heterocycles. The van der Waals surface area contributed by atoms with E-state index < -0.39 is 9.84 Å². The zero-order valence-electron chi connectivity index (χ0n) is 11.8. The fourth-order valence-electron chi connectivity index (χ4n) is 2.82. The SMILES string of the molecule is CCOC(=O)c1ccc(N2CC3=C(C2)CS(=O)(=O)C3)cc1. The lowest BCUT2D eigenvalue weighted by molar-refractivity contribution is 0.0526. The second kappa shape index (κ2) is 5.18. The summed E-state index contributed by atoms with van der Waals surface area (Å²) in [6, 6.07) is 7.24. The predicted molar refractivity (Wildman–Crippen MR) is 80.3 cm³/mol. The van der Waals surface area contributed by atoms with Gasteiger partial charge >= 0.3 is 5.97 Å². The first-order valence-electron chi connectivity index (χ1n) is 6.91. The predicted octanol–water partition coefficient (Wildman–Crippen LogP) is 1.41. The minimum atomic E-state index is -2.90. The van der Waals surface area contributed by atoms with Crippen LogP contribution in [-0.4, -0.2) is 45.6 Å². The van der Waals surface area contributed by atoms with Gasteiger partial charge in [-0.3, -0.25) is 0 Å². The van der Waals surface area contributed by atoms with Gasteiger partial charge in [0, 0.05) is 18.8 Å². The van der Waals surface area contributed by atoms with E-state index in [4.69, 9.17) is 4.74 Å². The number of hydrogen-bond donors (Lipinski definition) is 0. The number of anilines is 1. The molecular formula is C15H17NO4S. The molecular weight excluding hydrogens is 290 g/mol. The van der Waals surface area contributed by atoms with Crippen LogP contribution in [0.2, 0.25) is 0 Å². The van der Waals surface area contributed by atoms with Gasteiger partial charge in [0.1, 0.15) is 0 Å². The van der Waals surface area contributed by atoms with E-state index in [1.165, 1.54) is 0 Å². The van der Waals surface area contributed by atoms with Gasteiger partial charge < -0.3 is 9.64 Å². The summed E-state index contributed by atoms with van der Waals surface area (Å²) in [5.74, 6) is 0.0663. The number of hydrogen-bond acceptors (Lipinski definition) is 5. The second-order valence-corrected chi connectivity index (χ2v) is 7.43. The summed E-state index contributed by atoms with van der Waals surface area (Å²) < 4.78 is 28.1. The molecule has 112 valence electrons. The number of benzene rings is 1. The number of rotatable bonds is 3. The molecule has 0 bridgehead atoms. The van der Waals surface area contributed by atoms with Crippen LogP contribution in [0.5, 0.6) is 0 Å². The van der Waals surface area contributed by atoms with E-state index in [-0.39, 0.29) is 17.5 Å². The third-order valence-corrected chi connectivity index (χ3v) is 5.37. The summed E-state index contributed by atoms with van der Waals surface area (Å²) in [4.78, 5) is 13.7. The van der Waals surface area contributed by atoms with Crippen molar-refractivity contribution in [2.24, 2.45) is 0 Å². The first kappa shape index (κ1) is 14.1. The van der Waals surface area contributed by atoms with Gasteiger partial charge in [-0.2, -0.15) is 0 Å². The molecule has 0 saturated carbocycles. The van der Waals surface area contributed by atoms with Crippen LogP contribution in [0, 0.1) is 0 Å². The molecule has 0 aromatic heterocycles. The van der Waals surface area contributed by atoms with Crippen LogP contribution < -0.4 is 4.90 Å². The van der Waals surface area contributed by atoms with Gasteiger partial charge in [-0.15, -0.1) is 0 Å². The molecule has 0 unspecified atom stereocenters. The summed E-state index contributed by atoms with van der Waals surface area (Å²) in [6.07, 6.45) is 0.